The Balaban J connectivity index is 0.000000782. The molecule has 1 heterocycles. The van der Waals surface area contributed by atoms with Crippen molar-refractivity contribution in [3.63, 3.8) is 0 Å². The fraction of sp³-hybridized carbons (Fsp3) is 0.308. The van der Waals surface area contributed by atoms with Crippen molar-refractivity contribution >= 4 is 47.2 Å². The lowest BCUT2D eigenvalue weighted by Gasteiger charge is -2.18. The Morgan fingerprint density at radius 2 is 1.55 bits per heavy atom. The van der Waals surface area contributed by atoms with Gasteiger partial charge in [-0.15, -0.1) is 0 Å². The third-order valence-corrected chi connectivity index (χ3v) is 5.66. The normalized spacial score (nSPS) is 13.0. The van der Waals surface area contributed by atoms with Crippen LogP contribution in [0.15, 0.2) is 53.5 Å². The lowest BCUT2D eigenvalue weighted by molar-refractivity contribution is -0.192. The van der Waals surface area contributed by atoms with E-state index in [1.807, 2.05) is 24.3 Å². The van der Waals surface area contributed by atoms with Crippen molar-refractivity contribution in [2.24, 2.45) is 4.99 Å². The molecule has 2 aromatic rings. The third kappa shape index (κ3) is 12.2. The molecule has 0 aromatic heterocycles. The molecule has 0 spiro atoms. The van der Waals surface area contributed by atoms with Crippen LogP contribution in [0.25, 0.3) is 11.1 Å². The average molecular weight is 614 g/mol. The number of halogens is 4. The predicted octanol–water partition coefficient (Wildman–Crippen LogP) is 2.24. The van der Waals surface area contributed by atoms with Gasteiger partial charge in [0.2, 0.25) is 17.7 Å². The highest BCUT2D eigenvalue weighted by Gasteiger charge is 2.38. The van der Waals surface area contributed by atoms with Gasteiger partial charge in [0.15, 0.2) is 5.96 Å². The number of guanidine groups is 1. The van der Waals surface area contributed by atoms with Gasteiger partial charge in [-0.3, -0.25) is 24.5 Å². The third-order valence-electron chi connectivity index (χ3n) is 5.40. The number of carboxylic acids is 2. The Kier molecular flexibility index (Phi) is 12.7. The molecular weight excluding hydrogens is 587 g/mol. The summed E-state index contributed by atoms with van der Waals surface area (Å²) in [6.45, 7) is 0.257. The summed E-state index contributed by atoms with van der Waals surface area (Å²) in [7, 11) is 0. The molecule has 0 saturated carbocycles. The van der Waals surface area contributed by atoms with Gasteiger partial charge in [0.25, 0.3) is 0 Å². The van der Waals surface area contributed by atoms with Crippen LogP contribution in [0, 0.1) is 0 Å². The molecular formula is C26H27ClF3N5O7. The summed E-state index contributed by atoms with van der Waals surface area (Å²) in [5, 5.41) is 27.7. The van der Waals surface area contributed by atoms with Crippen molar-refractivity contribution in [1.82, 2.24) is 21.3 Å². The van der Waals surface area contributed by atoms with Crippen molar-refractivity contribution in [1.29, 1.82) is 0 Å². The number of carboxylic acid groups (broad SMARTS) is 2. The highest BCUT2D eigenvalue weighted by Crippen LogP contribution is 2.25. The Labute approximate surface area is 242 Å². The minimum absolute atomic E-state index is 0.0906. The van der Waals surface area contributed by atoms with Gasteiger partial charge < -0.3 is 26.2 Å². The smallest absolute Gasteiger partial charge is 0.481 e. The van der Waals surface area contributed by atoms with Gasteiger partial charge >= 0.3 is 18.1 Å². The number of aliphatic imine (C=N–C) groups is 1. The molecule has 3 amide bonds. The van der Waals surface area contributed by atoms with Crippen molar-refractivity contribution in [2.75, 3.05) is 19.6 Å². The minimum atomic E-state index is -5.08. The van der Waals surface area contributed by atoms with Gasteiger partial charge in [0.1, 0.15) is 6.54 Å². The number of aliphatic carboxylic acids is 2. The first-order valence-corrected chi connectivity index (χ1v) is 12.6. The summed E-state index contributed by atoms with van der Waals surface area (Å²) in [4.78, 5) is 59.6. The lowest BCUT2D eigenvalue weighted by atomic mass is 9.99. The van der Waals surface area contributed by atoms with E-state index in [4.69, 9.17) is 21.5 Å². The van der Waals surface area contributed by atoms with Crippen LogP contribution in [0.1, 0.15) is 30.9 Å². The molecule has 2 aromatic carbocycles. The fourth-order valence-electron chi connectivity index (χ4n) is 3.41. The molecule has 0 bridgehead atoms. The fourth-order valence-corrected chi connectivity index (χ4v) is 3.53. The first kappa shape index (κ1) is 33.5. The van der Waals surface area contributed by atoms with E-state index in [0.29, 0.717) is 29.5 Å². The molecule has 1 aliphatic heterocycles. The van der Waals surface area contributed by atoms with Gasteiger partial charge in [-0.05, 0) is 35.2 Å². The zero-order valence-corrected chi connectivity index (χ0v) is 22.6. The van der Waals surface area contributed by atoms with Crippen LogP contribution in [0.5, 0.6) is 0 Å². The van der Waals surface area contributed by atoms with Crippen LogP contribution in [0.3, 0.4) is 0 Å². The van der Waals surface area contributed by atoms with E-state index in [-0.39, 0.29) is 37.7 Å². The predicted molar refractivity (Wildman–Crippen MR) is 144 cm³/mol. The number of nitrogens with zero attached hydrogens (tertiary/aromatic N) is 1. The molecule has 1 unspecified atom stereocenters. The summed E-state index contributed by atoms with van der Waals surface area (Å²) in [6, 6.07) is 13.8. The Hall–Kier alpha value is -4.66. The van der Waals surface area contributed by atoms with E-state index in [2.05, 4.69) is 26.3 Å². The summed E-state index contributed by atoms with van der Waals surface area (Å²) >= 11 is 5.93. The van der Waals surface area contributed by atoms with Gasteiger partial charge in [-0.25, -0.2) is 9.79 Å². The molecule has 16 heteroatoms. The van der Waals surface area contributed by atoms with E-state index < -0.39 is 30.1 Å². The van der Waals surface area contributed by atoms with E-state index >= 15 is 0 Å². The number of nitrogens with one attached hydrogen (secondary N) is 4. The van der Waals surface area contributed by atoms with Crippen molar-refractivity contribution in [3.8, 4) is 11.1 Å². The quantitative estimate of drug-likeness (QED) is 0.208. The van der Waals surface area contributed by atoms with Crippen LogP contribution < -0.4 is 21.3 Å². The second kappa shape index (κ2) is 16.0. The zero-order chi connectivity index (χ0) is 31.3. The molecule has 0 saturated heterocycles. The second-order valence-electron chi connectivity index (χ2n) is 8.67. The Morgan fingerprint density at radius 3 is 2.05 bits per heavy atom. The van der Waals surface area contributed by atoms with Gasteiger partial charge in [-0.2, -0.15) is 13.2 Å². The molecule has 42 heavy (non-hydrogen) atoms. The number of alkyl halides is 3. The van der Waals surface area contributed by atoms with Crippen LogP contribution in [0.4, 0.5) is 13.2 Å². The minimum Gasteiger partial charge on any atom is -0.481 e. The maximum Gasteiger partial charge on any atom is 0.490 e. The highest BCUT2D eigenvalue weighted by molar-refractivity contribution is 6.30. The first-order valence-electron chi connectivity index (χ1n) is 12.3. The van der Waals surface area contributed by atoms with Crippen LogP contribution in [-0.4, -0.2) is 71.6 Å². The number of amides is 3. The van der Waals surface area contributed by atoms with E-state index in [1.165, 1.54) is 0 Å². The summed E-state index contributed by atoms with van der Waals surface area (Å²) in [5.74, 6) is -4.42. The lowest BCUT2D eigenvalue weighted by Crippen LogP contribution is -2.39. The number of carbonyl (C=O) groups is 5. The molecule has 3 rings (SSSR count). The number of rotatable bonds is 11. The second-order valence-corrected chi connectivity index (χ2v) is 9.11. The van der Waals surface area contributed by atoms with Crippen LogP contribution >= 0.6 is 11.6 Å². The van der Waals surface area contributed by atoms with Gasteiger partial charge in [-0.1, -0.05) is 48.0 Å². The topological polar surface area (TPSA) is 186 Å². The standard InChI is InChI=1S/C24H26ClN5O5.C2HF3O2/c25-18-9-7-16(8-10-18)15-3-5-17(6-4-15)19(12-23(34)35)29-21(32)13-27-20(31)2-1-11-26-24-28-14-22(33)30-24;3-2(4,5)1(6)7/h3-10,19H,1-2,11-14H2,(H,27,31)(H,29,32)(H,34,35)(H2,26,28,30,33);(H,6,7). The van der Waals surface area contributed by atoms with E-state index in [9.17, 15) is 37.5 Å². The molecule has 0 aliphatic carbocycles. The number of carbonyl (C=O) groups excluding carboxylic acids is 3. The molecule has 0 fully saturated rings. The van der Waals surface area contributed by atoms with Crippen molar-refractivity contribution in [2.45, 2.75) is 31.5 Å². The monoisotopic (exact) mass is 613 g/mol. The summed E-state index contributed by atoms with van der Waals surface area (Å²) in [6.07, 6.45) is -4.73. The number of benzene rings is 2. The summed E-state index contributed by atoms with van der Waals surface area (Å²) in [5.41, 5.74) is 2.52. The van der Waals surface area contributed by atoms with E-state index in [1.54, 1.807) is 24.3 Å². The number of hydrogen-bond donors (Lipinski definition) is 6. The maximum atomic E-state index is 12.4. The highest BCUT2D eigenvalue weighted by atomic mass is 35.5. The first-order chi connectivity index (χ1) is 19.7. The maximum absolute atomic E-state index is 12.4. The van der Waals surface area contributed by atoms with E-state index in [0.717, 1.165) is 11.1 Å². The molecule has 1 atom stereocenters. The zero-order valence-electron chi connectivity index (χ0n) is 21.8. The van der Waals surface area contributed by atoms with Crippen molar-refractivity contribution in [3.05, 3.63) is 59.1 Å². The number of hydrogen-bond acceptors (Lipinski definition) is 7. The Morgan fingerprint density at radius 1 is 0.976 bits per heavy atom. The van der Waals surface area contributed by atoms with Gasteiger partial charge in [0, 0.05) is 18.0 Å². The molecule has 1 aliphatic rings. The summed E-state index contributed by atoms with van der Waals surface area (Å²) < 4.78 is 31.7. The SMILES string of the molecule is O=C(O)C(F)(F)F.O=C(O)CC(NC(=O)CNC(=O)CCCNC1=NCC(=O)N1)c1ccc(-c2ccc(Cl)cc2)cc1. The Bertz CT molecular complexity index is 1300. The largest absolute Gasteiger partial charge is 0.490 e. The van der Waals surface area contributed by atoms with Gasteiger partial charge in [0.05, 0.1) is 19.0 Å². The average Bonchev–Trinajstić information content (AvgIpc) is 3.34. The molecule has 226 valence electrons. The van der Waals surface area contributed by atoms with Crippen molar-refractivity contribution < 1.29 is 47.4 Å². The molecule has 12 nitrogen and oxygen atoms in total. The van der Waals surface area contributed by atoms with Crippen LogP contribution in [0.2, 0.25) is 5.02 Å². The molecule has 6 N–H and O–H groups in total. The van der Waals surface area contributed by atoms with Crippen LogP contribution in [-0.2, 0) is 24.0 Å². The molecule has 0 radical (unpaired) electrons.